The van der Waals surface area contributed by atoms with Crippen molar-refractivity contribution in [3.63, 3.8) is 0 Å². The molecular formula is C14H27N3O2. The standard InChI is InChI=1S/C14H27N3O2/c1-4-14(3,18)9-16-13(15-5-2)17-11-8-10-6-7-12(11)19-10/h10-12,18H,4-9H2,1-3H3,(H2,15,16,17). The molecule has 0 aliphatic carbocycles. The summed E-state index contributed by atoms with van der Waals surface area (Å²) in [6.07, 6.45) is 4.88. The second-order valence-electron chi connectivity index (χ2n) is 5.91. The Labute approximate surface area is 115 Å². The molecule has 110 valence electrons. The van der Waals surface area contributed by atoms with Crippen molar-refractivity contribution in [3.8, 4) is 0 Å². The Morgan fingerprint density at radius 1 is 1.42 bits per heavy atom. The van der Waals surface area contributed by atoms with Gasteiger partial charge in [-0.1, -0.05) is 6.92 Å². The fourth-order valence-electron chi connectivity index (χ4n) is 2.65. The number of nitrogens with zero attached hydrogens (tertiary/aromatic N) is 1. The smallest absolute Gasteiger partial charge is 0.191 e. The van der Waals surface area contributed by atoms with Gasteiger partial charge in [0, 0.05) is 6.54 Å². The van der Waals surface area contributed by atoms with Crippen molar-refractivity contribution in [3.05, 3.63) is 0 Å². The van der Waals surface area contributed by atoms with Crippen LogP contribution in [0.25, 0.3) is 0 Å². The summed E-state index contributed by atoms with van der Waals surface area (Å²) < 4.78 is 5.84. The van der Waals surface area contributed by atoms with Crippen molar-refractivity contribution < 1.29 is 9.84 Å². The lowest BCUT2D eigenvalue weighted by Crippen LogP contribution is -2.48. The van der Waals surface area contributed by atoms with Gasteiger partial charge >= 0.3 is 0 Å². The van der Waals surface area contributed by atoms with Gasteiger partial charge in [-0.15, -0.1) is 0 Å². The Kier molecular flexibility index (Phi) is 4.68. The maximum absolute atomic E-state index is 10.0. The van der Waals surface area contributed by atoms with Crippen molar-refractivity contribution in [2.75, 3.05) is 13.1 Å². The molecule has 5 heteroatoms. The molecule has 2 fully saturated rings. The zero-order chi connectivity index (χ0) is 13.9. The summed E-state index contributed by atoms with van der Waals surface area (Å²) in [7, 11) is 0. The highest BCUT2D eigenvalue weighted by Gasteiger charge is 2.41. The fraction of sp³-hybridized carbons (Fsp3) is 0.929. The molecule has 0 radical (unpaired) electrons. The molecular weight excluding hydrogens is 242 g/mol. The van der Waals surface area contributed by atoms with Crippen LogP contribution in [0.1, 0.15) is 46.5 Å². The Hall–Kier alpha value is -0.810. The first-order valence-corrected chi connectivity index (χ1v) is 7.46. The van der Waals surface area contributed by atoms with Crippen LogP contribution >= 0.6 is 0 Å². The summed E-state index contributed by atoms with van der Waals surface area (Å²) in [4.78, 5) is 4.49. The topological polar surface area (TPSA) is 65.9 Å². The molecule has 2 bridgehead atoms. The van der Waals surface area contributed by atoms with Crippen LogP contribution in [0.4, 0.5) is 0 Å². The summed E-state index contributed by atoms with van der Waals surface area (Å²) >= 11 is 0. The van der Waals surface area contributed by atoms with Crippen LogP contribution in [0.3, 0.4) is 0 Å². The van der Waals surface area contributed by atoms with E-state index >= 15 is 0 Å². The number of hydrogen-bond acceptors (Lipinski definition) is 3. The molecule has 0 aromatic rings. The SMILES string of the molecule is CCNC(=NCC(C)(O)CC)NC1CC2CCC1O2. The zero-order valence-electron chi connectivity index (χ0n) is 12.3. The first-order chi connectivity index (χ1) is 9.04. The first-order valence-electron chi connectivity index (χ1n) is 7.46. The Morgan fingerprint density at radius 2 is 2.21 bits per heavy atom. The van der Waals surface area contributed by atoms with E-state index in [0.29, 0.717) is 31.2 Å². The number of rotatable bonds is 5. The van der Waals surface area contributed by atoms with Gasteiger partial charge in [0.1, 0.15) is 0 Å². The average molecular weight is 269 g/mol. The third kappa shape index (κ3) is 3.83. The van der Waals surface area contributed by atoms with Crippen LogP contribution in [0.2, 0.25) is 0 Å². The molecule has 4 unspecified atom stereocenters. The molecule has 0 aromatic heterocycles. The normalized spacial score (nSPS) is 33.3. The molecule has 0 saturated carbocycles. The molecule has 19 heavy (non-hydrogen) atoms. The van der Waals surface area contributed by atoms with Crippen LogP contribution in [0.5, 0.6) is 0 Å². The third-order valence-corrected chi connectivity index (χ3v) is 4.11. The summed E-state index contributed by atoms with van der Waals surface area (Å²) in [5.74, 6) is 0.789. The van der Waals surface area contributed by atoms with Crippen molar-refractivity contribution in [2.45, 2.75) is 70.3 Å². The highest BCUT2D eigenvalue weighted by Crippen LogP contribution is 2.34. The second-order valence-corrected chi connectivity index (χ2v) is 5.91. The number of aliphatic hydroxyl groups is 1. The van der Waals surface area contributed by atoms with Gasteiger partial charge in [0.15, 0.2) is 5.96 Å². The van der Waals surface area contributed by atoms with E-state index in [2.05, 4.69) is 15.6 Å². The Bertz CT molecular complexity index is 331. The van der Waals surface area contributed by atoms with Crippen LogP contribution < -0.4 is 10.6 Å². The number of nitrogens with one attached hydrogen (secondary N) is 2. The van der Waals surface area contributed by atoms with Gasteiger partial charge in [0.25, 0.3) is 0 Å². The van der Waals surface area contributed by atoms with Gasteiger partial charge in [-0.2, -0.15) is 0 Å². The van der Waals surface area contributed by atoms with E-state index in [1.807, 2.05) is 20.8 Å². The maximum atomic E-state index is 10.0. The number of fused-ring (bicyclic) bond motifs is 2. The van der Waals surface area contributed by atoms with E-state index in [-0.39, 0.29) is 0 Å². The summed E-state index contributed by atoms with van der Waals surface area (Å²) in [6.45, 7) is 7.08. The lowest BCUT2D eigenvalue weighted by molar-refractivity contribution is 0.0656. The molecule has 2 rings (SSSR count). The van der Waals surface area contributed by atoms with Crippen molar-refractivity contribution in [1.82, 2.24) is 10.6 Å². The van der Waals surface area contributed by atoms with Gasteiger partial charge < -0.3 is 20.5 Å². The van der Waals surface area contributed by atoms with Gasteiger partial charge in [0.2, 0.25) is 0 Å². The van der Waals surface area contributed by atoms with E-state index < -0.39 is 5.60 Å². The summed E-state index contributed by atoms with van der Waals surface area (Å²) in [5, 5.41) is 16.7. The highest BCUT2D eigenvalue weighted by atomic mass is 16.5. The van der Waals surface area contributed by atoms with Gasteiger partial charge in [-0.05, 0) is 39.5 Å². The van der Waals surface area contributed by atoms with Crippen molar-refractivity contribution in [1.29, 1.82) is 0 Å². The van der Waals surface area contributed by atoms with Gasteiger partial charge in [0.05, 0.1) is 30.4 Å². The van der Waals surface area contributed by atoms with Crippen LogP contribution in [0.15, 0.2) is 4.99 Å². The van der Waals surface area contributed by atoms with E-state index in [4.69, 9.17) is 4.74 Å². The Morgan fingerprint density at radius 3 is 2.74 bits per heavy atom. The minimum absolute atomic E-state index is 0.334. The third-order valence-electron chi connectivity index (χ3n) is 4.11. The van der Waals surface area contributed by atoms with E-state index in [0.717, 1.165) is 25.3 Å². The lowest BCUT2D eigenvalue weighted by Gasteiger charge is -2.24. The molecule has 0 aromatic carbocycles. The second kappa shape index (κ2) is 6.09. The van der Waals surface area contributed by atoms with Gasteiger partial charge in [-0.25, -0.2) is 0 Å². The zero-order valence-corrected chi connectivity index (χ0v) is 12.3. The van der Waals surface area contributed by atoms with Crippen LogP contribution in [-0.4, -0.2) is 48.0 Å². The van der Waals surface area contributed by atoms with E-state index in [9.17, 15) is 5.11 Å². The van der Waals surface area contributed by atoms with Crippen LogP contribution in [0, 0.1) is 0 Å². The van der Waals surface area contributed by atoms with Crippen LogP contribution in [-0.2, 0) is 4.74 Å². The van der Waals surface area contributed by atoms with Gasteiger partial charge in [-0.3, -0.25) is 4.99 Å². The summed E-state index contributed by atoms with van der Waals surface area (Å²) in [6, 6.07) is 0.364. The molecule has 2 aliphatic heterocycles. The van der Waals surface area contributed by atoms with E-state index in [1.54, 1.807) is 0 Å². The monoisotopic (exact) mass is 269 g/mol. The fourth-order valence-corrected chi connectivity index (χ4v) is 2.65. The molecule has 5 nitrogen and oxygen atoms in total. The largest absolute Gasteiger partial charge is 0.388 e. The minimum atomic E-state index is -0.729. The summed E-state index contributed by atoms with van der Waals surface area (Å²) in [5.41, 5.74) is -0.729. The number of ether oxygens (including phenoxy) is 1. The maximum Gasteiger partial charge on any atom is 0.191 e. The molecule has 0 spiro atoms. The van der Waals surface area contributed by atoms with Crippen molar-refractivity contribution in [2.24, 2.45) is 4.99 Å². The predicted molar refractivity (Wildman–Crippen MR) is 76.3 cm³/mol. The number of guanidine groups is 1. The quantitative estimate of drug-likeness (QED) is 0.515. The predicted octanol–water partition coefficient (Wildman–Crippen LogP) is 1.02. The molecule has 2 saturated heterocycles. The minimum Gasteiger partial charge on any atom is -0.388 e. The van der Waals surface area contributed by atoms with Crippen molar-refractivity contribution >= 4 is 5.96 Å². The number of hydrogen-bond donors (Lipinski definition) is 3. The highest BCUT2D eigenvalue weighted by molar-refractivity contribution is 5.80. The molecule has 2 heterocycles. The average Bonchev–Trinajstić information content (AvgIpc) is 2.98. The van der Waals surface area contributed by atoms with E-state index in [1.165, 1.54) is 6.42 Å². The molecule has 0 amide bonds. The first kappa shape index (κ1) is 14.6. The lowest BCUT2D eigenvalue weighted by atomic mass is 9.96. The molecule has 3 N–H and O–H groups in total. The molecule has 2 aliphatic rings. The Balaban J connectivity index is 1.90. The number of aliphatic imine (C=N–C) groups is 1. The molecule has 4 atom stereocenters.